The molecule has 6 heteroatoms. The van der Waals surface area contributed by atoms with Crippen molar-refractivity contribution >= 4 is 11.0 Å². The molecule has 0 aliphatic heterocycles. The SMILES string of the molecule is COc1ccc(C(O)CNC(C)c2ccc3[nH]c(=O)[nH]c3c2)cc1. The van der Waals surface area contributed by atoms with Crippen LogP contribution in [-0.2, 0) is 0 Å². The van der Waals surface area contributed by atoms with Crippen molar-refractivity contribution in [1.29, 1.82) is 0 Å². The van der Waals surface area contributed by atoms with Crippen molar-refractivity contribution in [3.63, 3.8) is 0 Å². The molecule has 1 aromatic heterocycles. The summed E-state index contributed by atoms with van der Waals surface area (Å²) in [4.78, 5) is 16.8. The molecule has 0 bridgehead atoms. The van der Waals surface area contributed by atoms with Gasteiger partial charge in [-0.15, -0.1) is 0 Å². The highest BCUT2D eigenvalue weighted by Crippen LogP contribution is 2.20. The lowest BCUT2D eigenvalue weighted by Crippen LogP contribution is -2.24. The third kappa shape index (κ3) is 3.50. The molecular weight excluding hydrogens is 306 g/mol. The third-order valence-electron chi connectivity index (χ3n) is 4.16. The van der Waals surface area contributed by atoms with Crippen LogP contribution in [0.25, 0.3) is 11.0 Å². The number of aromatic nitrogens is 2. The number of aliphatic hydroxyl groups excluding tert-OH is 1. The molecule has 0 spiro atoms. The largest absolute Gasteiger partial charge is 0.497 e. The maximum absolute atomic E-state index is 11.3. The average molecular weight is 327 g/mol. The van der Waals surface area contributed by atoms with Crippen LogP contribution in [0.5, 0.6) is 5.75 Å². The number of ether oxygens (including phenoxy) is 1. The number of hydrogen-bond acceptors (Lipinski definition) is 4. The average Bonchev–Trinajstić information content (AvgIpc) is 2.98. The molecule has 2 aromatic carbocycles. The summed E-state index contributed by atoms with van der Waals surface area (Å²) in [5.74, 6) is 0.765. The van der Waals surface area contributed by atoms with Gasteiger partial charge in [0, 0.05) is 12.6 Å². The molecule has 1 heterocycles. The first-order valence-corrected chi connectivity index (χ1v) is 7.84. The van der Waals surface area contributed by atoms with Gasteiger partial charge in [0.15, 0.2) is 0 Å². The van der Waals surface area contributed by atoms with Crippen LogP contribution in [0.3, 0.4) is 0 Å². The van der Waals surface area contributed by atoms with Gasteiger partial charge < -0.3 is 25.1 Å². The van der Waals surface area contributed by atoms with Gasteiger partial charge in [0.25, 0.3) is 0 Å². The number of nitrogens with one attached hydrogen (secondary N) is 3. The molecular formula is C18H21N3O3. The van der Waals surface area contributed by atoms with Gasteiger partial charge in [0.1, 0.15) is 5.75 Å². The van der Waals surface area contributed by atoms with E-state index < -0.39 is 6.10 Å². The number of methoxy groups -OCH3 is 1. The van der Waals surface area contributed by atoms with Crippen LogP contribution in [-0.4, -0.2) is 28.7 Å². The molecule has 0 amide bonds. The molecule has 2 unspecified atom stereocenters. The first-order chi connectivity index (χ1) is 11.6. The minimum absolute atomic E-state index is 0.0423. The number of H-pyrrole nitrogens is 2. The van der Waals surface area contributed by atoms with Gasteiger partial charge in [0.2, 0.25) is 0 Å². The molecule has 6 nitrogen and oxygen atoms in total. The van der Waals surface area contributed by atoms with Crippen molar-refractivity contribution in [2.75, 3.05) is 13.7 Å². The molecule has 3 aromatic rings. The minimum Gasteiger partial charge on any atom is -0.497 e. The lowest BCUT2D eigenvalue weighted by Gasteiger charge is -2.18. The molecule has 2 atom stereocenters. The number of aromatic amines is 2. The molecule has 0 saturated carbocycles. The summed E-state index contributed by atoms with van der Waals surface area (Å²) < 4.78 is 5.12. The monoisotopic (exact) mass is 327 g/mol. The van der Waals surface area contributed by atoms with Crippen molar-refractivity contribution in [2.45, 2.75) is 19.1 Å². The normalized spacial score (nSPS) is 13.8. The highest BCUT2D eigenvalue weighted by atomic mass is 16.5. The van der Waals surface area contributed by atoms with Crippen LogP contribution in [0.4, 0.5) is 0 Å². The summed E-state index contributed by atoms with van der Waals surface area (Å²) in [6, 6.07) is 13.2. The van der Waals surface area contributed by atoms with Gasteiger partial charge in [-0.1, -0.05) is 18.2 Å². The molecule has 0 saturated heterocycles. The first kappa shape index (κ1) is 16.3. The number of benzene rings is 2. The number of hydrogen-bond donors (Lipinski definition) is 4. The molecule has 3 rings (SSSR count). The van der Waals surface area contributed by atoms with Crippen molar-refractivity contribution in [3.8, 4) is 5.75 Å². The Labute approximate surface area is 139 Å². The molecule has 4 N–H and O–H groups in total. The molecule has 24 heavy (non-hydrogen) atoms. The maximum atomic E-state index is 11.3. The Balaban J connectivity index is 1.64. The smallest absolute Gasteiger partial charge is 0.323 e. The second-order valence-corrected chi connectivity index (χ2v) is 5.80. The van der Waals surface area contributed by atoms with E-state index in [0.29, 0.717) is 6.54 Å². The molecule has 0 fully saturated rings. The Bertz CT molecular complexity index is 867. The highest BCUT2D eigenvalue weighted by molar-refractivity contribution is 5.75. The van der Waals surface area contributed by atoms with Crippen LogP contribution in [0, 0.1) is 0 Å². The Kier molecular flexibility index (Phi) is 4.69. The number of imidazole rings is 1. The standard InChI is InChI=1S/C18H21N3O3/c1-11(13-5-8-15-16(9-13)21-18(23)20-15)19-10-17(22)12-3-6-14(24-2)7-4-12/h3-9,11,17,19,22H,10H2,1-2H3,(H2,20,21,23). The molecule has 0 radical (unpaired) electrons. The second-order valence-electron chi connectivity index (χ2n) is 5.80. The van der Waals surface area contributed by atoms with Gasteiger partial charge in [-0.2, -0.15) is 0 Å². The van der Waals surface area contributed by atoms with Crippen molar-refractivity contribution in [1.82, 2.24) is 15.3 Å². The predicted octanol–water partition coefficient (Wildman–Crippen LogP) is 2.25. The van der Waals surface area contributed by atoms with E-state index in [4.69, 9.17) is 4.74 Å². The number of rotatable bonds is 6. The molecule has 126 valence electrons. The quantitative estimate of drug-likeness (QED) is 0.559. The highest BCUT2D eigenvalue weighted by Gasteiger charge is 2.12. The Morgan fingerprint density at radius 3 is 2.46 bits per heavy atom. The summed E-state index contributed by atoms with van der Waals surface area (Å²) in [7, 11) is 1.61. The zero-order valence-electron chi connectivity index (χ0n) is 13.7. The fourth-order valence-electron chi connectivity index (χ4n) is 2.67. The number of fused-ring (bicyclic) bond motifs is 1. The third-order valence-corrected chi connectivity index (χ3v) is 4.16. The predicted molar refractivity (Wildman–Crippen MR) is 93.3 cm³/mol. The van der Waals surface area contributed by atoms with Crippen LogP contribution in [0.1, 0.15) is 30.2 Å². The second kappa shape index (κ2) is 6.90. The van der Waals surface area contributed by atoms with Gasteiger partial charge >= 0.3 is 5.69 Å². The summed E-state index contributed by atoms with van der Waals surface area (Å²) >= 11 is 0. The van der Waals surface area contributed by atoms with Crippen LogP contribution < -0.4 is 15.7 Å². The van der Waals surface area contributed by atoms with Crippen LogP contribution >= 0.6 is 0 Å². The van der Waals surface area contributed by atoms with Gasteiger partial charge in [0.05, 0.1) is 24.2 Å². The van der Waals surface area contributed by atoms with E-state index >= 15 is 0 Å². The van der Waals surface area contributed by atoms with E-state index in [2.05, 4.69) is 15.3 Å². The summed E-state index contributed by atoms with van der Waals surface area (Å²) in [6.07, 6.45) is -0.603. The Hall–Kier alpha value is -2.57. The lowest BCUT2D eigenvalue weighted by molar-refractivity contribution is 0.170. The Morgan fingerprint density at radius 2 is 1.75 bits per heavy atom. The van der Waals surface area contributed by atoms with Crippen molar-refractivity contribution in [3.05, 3.63) is 64.1 Å². The summed E-state index contributed by atoms with van der Waals surface area (Å²) in [5, 5.41) is 13.6. The number of aliphatic hydroxyl groups is 1. The van der Waals surface area contributed by atoms with Crippen LogP contribution in [0.2, 0.25) is 0 Å². The zero-order valence-corrected chi connectivity index (χ0v) is 13.7. The Morgan fingerprint density at radius 1 is 1.08 bits per heavy atom. The topological polar surface area (TPSA) is 90.1 Å². The van der Waals surface area contributed by atoms with E-state index in [1.807, 2.05) is 49.4 Å². The van der Waals surface area contributed by atoms with E-state index in [9.17, 15) is 9.90 Å². The molecule has 0 aliphatic rings. The maximum Gasteiger partial charge on any atom is 0.323 e. The van der Waals surface area contributed by atoms with Gasteiger partial charge in [-0.3, -0.25) is 0 Å². The first-order valence-electron chi connectivity index (χ1n) is 7.84. The molecule has 0 aliphatic carbocycles. The summed E-state index contributed by atoms with van der Waals surface area (Å²) in [5.41, 5.74) is 3.23. The van der Waals surface area contributed by atoms with E-state index in [1.165, 1.54) is 0 Å². The van der Waals surface area contributed by atoms with Crippen LogP contribution in [0.15, 0.2) is 47.3 Å². The van der Waals surface area contributed by atoms with Gasteiger partial charge in [-0.25, -0.2) is 4.79 Å². The fourth-order valence-corrected chi connectivity index (χ4v) is 2.67. The minimum atomic E-state index is -0.603. The van der Waals surface area contributed by atoms with Gasteiger partial charge in [-0.05, 0) is 42.3 Å². The van der Waals surface area contributed by atoms with E-state index in [0.717, 1.165) is 27.9 Å². The van der Waals surface area contributed by atoms with E-state index in [-0.39, 0.29) is 11.7 Å². The zero-order chi connectivity index (χ0) is 17.1. The van der Waals surface area contributed by atoms with Crippen molar-refractivity contribution < 1.29 is 9.84 Å². The van der Waals surface area contributed by atoms with E-state index in [1.54, 1.807) is 7.11 Å². The fraction of sp³-hybridized carbons (Fsp3) is 0.278. The lowest BCUT2D eigenvalue weighted by atomic mass is 10.1. The van der Waals surface area contributed by atoms with Crippen molar-refractivity contribution in [2.24, 2.45) is 0 Å². The summed E-state index contributed by atoms with van der Waals surface area (Å²) in [6.45, 7) is 2.45.